The lowest BCUT2D eigenvalue weighted by molar-refractivity contribution is -0.00832. The van der Waals surface area contributed by atoms with Crippen molar-refractivity contribution in [1.82, 2.24) is 10.2 Å². The Kier molecular flexibility index (Phi) is 4.83. The molecule has 0 bridgehead atoms. The third kappa shape index (κ3) is 3.67. The average Bonchev–Trinajstić information content (AvgIpc) is 2.34. The zero-order valence-corrected chi connectivity index (χ0v) is 11.5. The normalized spacial score (nSPS) is 27.2. The molecular formula is C14H28N2O. The minimum atomic E-state index is 0.466. The van der Waals surface area contributed by atoms with E-state index in [0.29, 0.717) is 5.41 Å². The molecule has 100 valence electrons. The van der Waals surface area contributed by atoms with Gasteiger partial charge in [-0.05, 0) is 57.2 Å². The van der Waals surface area contributed by atoms with Crippen LogP contribution in [0.5, 0.6) is 0 Å². The quantitative estimate of drug-likeness (QED) is 0.810. The minimum Gasteiger partial charge on any atom is -0.381 e. The van der Waals surface area contributed by atoms with Crippen LogP contribution in [0.4, 0.5) is 0 Å². The van der Waals surface area contributed by atoms with Crippen LogP contribution in [0.15, 0.2) is 0 Å². The van der Waals surface area contributed by atoms with E-state index in [1.165, 1.54) is 45.3 Å². The fraction of sp³-hybridized carbons (Fsp3) is 1.00. The van der Waals surface area contributed by atoms with Gasteiger partial charge in [0.1, 0.15) is 0 Å². The zero-order valence-electron chi connectivity index (χ0n) is 11.5. The Morgan fingerprint density at radius 1 is 1.24 bits per heavy atom. The first kappa shape index (κ1) is 13.3. The van der Waals surface area contributed by atoms with E-state index >= 15 is 0 Å². The van der Waals surface area contributed by atoms with Crippen LogP contribution in [-0.2, 0) is 4.74 Å². The van der Waals surface area contributed by atoms with Gasteiger partial charge in [-0.2, -0.15) is 0 Å². The van der Waals surface area contributed by atoms with Crippen molar-refractivity contribution in [2.75, 3.05) is 46.4 Å². The summed E-state index contributed by atoms with van der Waals surface area (Å²) in [6.07, 6.45) is 5.21. The van der Waals surface area contributed by atoms with Crippen molar-refractivity contribution >= 4 is 0 Å². The molecule has 0 aliphatic carbocycles. The van der Waals surface area contributed by atoms with Crippen LogP contribution in [-0.4, -0.2) is 51.3 Å². The molecule has 0 radical (unpaired) electrons. The molecule has 0 aromatic rings. The maximum Gasteiger partial charge on any atom is 0.0472 e. The molecule has 2 heterocycles. The minimum absolute atomic E-state index is 0.466. The van der Waals surface area contributed by atoms with Crippen molar-refractivity contribution in [3.63, 3.8) is 0 Å². The molecule has 0 unspecified atom stereocenters. The molecule has 3 heteroatoms. The van der Waals surface area contributed by atoms with E-state index in [0.717, 1.165) is 25.7 Å². The molecule has 0 amide bonds. The van der Waals surface area contributed by atoms with Crippen LogP contribution in [0, 0.1) is 11.3 Å². The van der Waals surface area contributed by atoms with Crippen LogP contribution in [0.25, 0.3) is 0 Å². The second-order valence-corrected chi connectivity index (χ2v) is 6.10. The maximum atomic E-state index is 5.53. The SMILES string of the molecule is CNCC1(CN2CCC(C)CC2)CCOCC1. The summed E-state index contributed by atoms with van der Waals surface area (Å²) in [4.78, 5) is 2.68. The second-order valence-electron chi connectivity index (χ2n) is 6.10. The van der Waals surface area contributed by atoms with Crippen LogP contribution in [0.1, 0.15) is 32.6 Å². The van der Waals surface area contributed by atoms with E-state index in [4.69, 9.17) is 4.74 Å². The fourth-order valence-corrected chi connectivity index (χ4v) is 3.26. The number of ether oxygens (including phenoxy) is 1. The van der Waals surface area contributed by atoms with Gasteiger partial charge in [-0.25, -0.2) is 0 Å². The number of likely N-dealkylation sites (tertiary alicyclic amines) is 1. The molecule has 2 fully saturated rings. The highest BCUT2D eigenvalue weighted by molar-refractivity contribution is 4.88. The summed E-state index contributed by atoms with van der Waals surface area (Å²) in [5, 5.41) is 3.39. The lowest BCUT2D eigenvalue weighted by Gasteiger charge is -2.42. The van der Waals surface area contributed by atoms with Crippen molar-refractivity contribution in [2.45, 2.75) is 32.6 Å². The van der Waals surface area contributed by atoms with Gasteiger partial charge < -0.3 is 15.0 Å². The van der Waals surface area contributed by atoms with Crippen LogP contribution < -0.4 is 5.32 Å². The van der Waals surface area contributed by atoms with Gasteiger partial charge in [0.15, 0.2) is 0 Å². The van der Waals surface area contributed by atoms with Gasteiger partial charge in [0, 0.05) is 26.3 Å². The monoisotopic (exact) mass is 240 g/mol. The van der Waals surface area contributed by atoms with Crippen LogP contribution in [0.2, 0.25) is 0 Å². The molecule has 2 aliphatic heterocycles. The number of rotatable bonds is 4. The number of nitrogens with one attached hydrogen (secondary N) is 1. The Hall–Kier alpha value is -0.120. The summed E-state index contributed by atoms with van der Waals surface area (Å²) in [6, 6.07) is 0. The largest absolute Gasteiger partial charge is 0.381 e. The molecule has 2 rings (SSSR count). The number of nitrogens with zero attached hydrogens (tertiary/aromatic N) is 1. The predicted molar refractivity (Wildman–Crippen MR) is 71.3 cm³/mol. The van der Waals surface area contributed by atoms with E-state index in [1.807, 2.05) is 0 Å². The molecule has 3 nitrogen and oxygen atoms in total. The summed E-state index contributed by atoms with van der Waals surface area (Å²) in [5.74, 6) is 0.932. The van der Waals surface area contributed by atoms with E-state index in [1.54, 1.807) is 0 Å². The van der Waals surface area contributed by atoms with Gasteiger partial charge in [-0.15, -0.1) is 0 Å². The van der Waals surface area contributed by atoms with Crippen molar-refractivity contribution in [1.29, 1.82) is 0 Å². The highest BCUT2D eigenvalue weighted by atomic mass is 16.5. The van der Waals surface area contributed by atoms with Crippen molar-refractivity contribution in [3.8, 4) is 0 Å². The number of hydrogen-bond acceptors (Lipinski definition) is 3. The summed E-state index contributed by atoms with van der Waals surface area (Å²) in [6.45, 7) is 9.29. The Bertz CT molecular complexity index is 213. The fourth-order valence-electron chi connectivity index (χ4n) is 3.26. The highest BCUT2D eigenvalue weighted by Gasteiger charge is 2.34. The molecule has 2 saturated heterocycles. The summed E-state index contributed by atoms with van der Waals surface area (Å²) in [7, 11) is 2.08. The maximum absolute atomic E-state index is 5.53. The molecule has 0 aromatic heterocycles. The predicted octanol–water partition coefficient (Wildman–Crippen LogP) is 1.73. The van der Waals surface area contributed by atoms with E-state index < -0.39 is 0 Å². The van der Waals surface area contributed by atoms with Gasteiger partial charge >= 0.3 is 0 Å². The Labute approximate surface area is 106 Å². The first-order valence-electron chi connectivity index (χ1n) is 7.19. The van der Waals surface area contributed by atoms with Gasteiger partial charge in [-0.1, -0.05) is 6.92 Å². The van der Waals surface area contributed by atoms with E-state index in [2.05, 4.69) is 24.2 Å². The average molecular weight is 240 g/mol. The molecule has 2 aliphatic rings. The molecule has 0 spiro atoms. The van der Waals surface area contributed by atoms with Gasteiger partial charge in [0.05, 0.1) is 0 Å². The standard InChI is InChI=1S/C14H28N2O/c1-13-3-7-16(8-4-13)12-14(11-15-2)5-9-17-10-6-14/h13,15H,3-12H2,1-2H3. The summed E-state index contributed by atoms with van der Waals surface area (Å²) >= 11 is 0. The Morgan fingerprint density at radius 2 is 1.88 bits per heavy atom. The summed E-state index contributed by atoms with van der Waals surface area (Å²) in [5.41, 5.74) is 0.466. The van der Waals surface area contributed by atoms with Crippen molar-refractivity contribution in [2.24, 2.45) is 11.3 Å². The third-order valence-corrected chi connectivity index (χ3v) is 4.54. The van der Waals surface area contributed by atoms with Gasteiger partial charge in [0.2, 0.25) is 0 Å². The lowest BCUT2D eigenvalue weighted by Crippen LogP contribution is -2.48. The zero-order chi connectivity index (χ0) is 12.1. The molecule has 0 saturated carbocycles. The lowest BCUT2D eigenvalue weighted by atomic mass is 9.79. The third-order valence-electron chi connectivity index (χ3n) is 4.54. The van der Waals surface area contributed by atoms with Gasteiger partial charge in [-0.3, -0.25) is 0 Å². The second kappa shape index (κ2) is 6.17. The van der Waals surface area contributed by atoms with Gasteiger partial charge in [0.25, 0.3) is 0 Å². The van der Waals surface area contributed by atoms with E-state index in [9.17, 15) is 0 Å². The molecule has 1 N–H and O–H groups in total. The summed E-state index contributed by atoms with van der Waals surface area (Å²) < 4.78 is 5.53. The van der Waals surface area contributed by atoms with Crippen LogP contribution in [0.3, 0.4) is 0 Å². The highest BCUT2D eigenvalue weighted by Crippen LogP contribution is 2.32. The molecule has 0 aromatic carbocycles. The topological polar surface area (TPSA) is 24.5 Å². The van der Waals surface area contributed by atoms with Crippen molar-refractivity contribution in [3.05, 3.63) is 0 Å². The number of hydrogen-bond donors (Lipinski definition) is 1. The first-order chi connectivity index (χ1) is 8.24. The smallest absolute Gasteiger partial charge is 0.0472 e. The number of piperidine rings is 1. The Morgan fingerprint density at radius 3 is 2.47 bits per heavy atom. The Balaban J connectivity index is 1.88. The van der Waals surface area contributed by atoms with Crippen LogP contribution >= 0.6 is 0 Å². The van der Waals surface area contributed by atoms with Crippen molar-refractivity contribution < 1.29 is 4.74 Å². The molecule has 0 atom stereocenters. The molecule has 17 heavy (non-hydrogen) atoms. The molecular weight excluding hydrogens is 212 g/mol. The first-order valence-corrected chi connectivity index (χ1v) is 7.19. The van der Waals surface area contributed by atoms with E-state index in [-0.39, 0.29) is 0 Å².